The van der Waals surface area contributed by atoms with Crippen LogP contribution in [0, 0.1) is 0 Å². The van der Waals surface area contributed by atoms with E-state index in [2.05, 4.69) is 0 Å². The Morgan fingerprint density at radius 2 is 1.00 bits per heavy atom. The van der Waals surface area contributed by atoms with Crippen LogP contribution in [0.15, 0.2) is 0 Å². The van der Waals surface area contributed by atoms with Crippen LogP contribution in [0.4, 0.5) is 4.79 Å². The molecule has 32 valence electrons. The molecule has 0 rings (SSSR count). The summed E-state index contributed by atoms with van der Waals surface area (Å²) in [6.07, 6.45) is -1.83. The van der Waals surface area contributed by atoms with Crippen LogP contribution < -0.4 is 206 Å². The molecule has 0 fully saturated rings. The summed E-state index contributed by atoms with van der Waals surface area (Å²) in [7, 11) is 0. The first-order chi connectivity index (χ1) is 1.73. The van der Waals surface area contributed by atoms with E-state index in [4.69, 9.17) is 15.0 Å². The molecule has 0 aliphatic heterocycles. The number of hydrogen-bond donors (Lipinski definition) is 2. The monoisotopic (exact) mass is 222 g/mol. The fourth-order valence-electron chi connectivity index (χ4n) is 0. The molecule has 0 aromatic carbocycles. The van der Waals surface area contributed by atoms with Crippen LogP contribution >= 0.6 is 0 Å². The molecule has 0 saturated carbocycles. The Hall–Kier alpha value is 5.82. The van der Waals surface area contributed by atoms with Gasteiger partial charge < -0.3 is 15.9 Å². The van der Waals surface area contributed by atoms with E-state index >= 15 is 0 Å². The second-order valence-corrected chi connectivity index (χ2v) is 0.283. The zero-order chi connectivity index (χ0) is 3.58. The third kappa shape index (κ3) is 40.9. The maximum Gasteiger partial charge on any atom is 1.00 e. The minimum absolute atomic E-state index is 0. The predicted octanol–water partition coefficient (Wildman–Crippen LogP) is -11.3. The van der Waals surface area contributed by atoms with Crippen LogP contribution in [0.2, 0.25) is 0 Å². The second-order valence-electron chi connectivity index (χ2n) is 0.283. The van der Waals surface area contributed by atoms with E-state index in [1.54, 1.807) is 0 Å². The van der Waals surface area contributed by atoms with Gasteiger partial charge in [-0.05, 0) is 0 Å². The first-order valence-corrected chi connectivity index (χ1v) is 0.651. The summed E-state index contributed by atoms with van der Waals surface area (Å²) < 4.78 is 0. The first kappa shape index (κ1) is 29.2. The van der Waals surface area contributed by atoms with Crippen LogP contribution in [0.1, 0.15) is 5.71 Å². The maximum absolute atomic E-state index is 8.56. The topological polar surface area (TPSA) is 57.5 Å². The molecule has 7 heteroatoms. The summed E-state index contributed by atoms with van der Waals surface area (Å²) in [5.41, 5.74) is 0. The summed E-state index contributed by atoms with van der Waals surface area (Å²) in [5, 5.41) is 13.9. The van der Waals surface area contributed by atoms with E-state index in [1.165, 1.54) is 0 Å². The number of hydrogen-bond acceptors (Lipinski definition) is 1. The van der Waals surface area contributed by atoms with Gasteiger partial charge in [0.2, 0.25) is 0 Å². The fraction of sp³-hybridized carbons (Fsp3) is 0. The van der Waals surface area contributed by atoms with Gasteiger partial charge >= 0.3 is 212 Å². The Morgan fingerprint density at radius 1 is 1.00 bits per heavy atom. The largest absolute Gasteiger partial charge is 1.00 e. The van der Waals surface area contributed by atoms with Crippen molar-refractivity contribution in [1.82, 2.24) is 0 Å². The molecule has 0 aromatic heterocycles. The molecule has 2 N–H and O–H groups in total. The van der Waals surface area contributed by atoms with Crippen molar-refractivity contribution in [3.63, 3.8) is 0 Å². The molecule has 8 heavy (non-hydrogen) atoms. The molecule has 0 heterocycles. The predicted molar refractivity (Wildman–Crippen MR) is 15.1 cm³/mol. The van der Waals surface area contributed by atoms with Crippen molar-refractivity contribution in [3.8, 4) is 0 Å². The summed E-state index contributed by atoms with van der Waals surface area (Å²) >= 11 is 0. The van der Waals surface area contributed by atoms with Crippen LogP contribution in [0.25, 0.3) is 0 Å². The van der Waals surface area contributed by atoms with Crippen molar-refractivity contribution in [2.24, 2.45) is 0 Å². The minimum Gasteiger partial charge on any atom is -1.00 e. The van der Waals surface area contributed by atoms with E-state index < -0.39 is 6.16 Å². The van der Waals surface area contributed by atoms with Crippen LogP contribution in [-0.4, -0.2) is 16.4 Å². The van der Waals surface area contributed by atoms with Crippen LogP contribution in [0.3, 0.4) is 0 Å². The van der Waals surface area contributed by atoms with Crippen molar-refractivity contribution in [2.45, 2.75) is 0 Å². The Balaban J connectivity index is -0.00000000161. The Bertz CT molecular complexity index is 45.3. The second kappa shape index (κ2) is 23.0. The quantitative estimate of drug-likeness (QED) is 0.400. The average Bonchev–Trinajstić information content (AvgIpc) is 0.811. The van der Waals surface area contributed by atoms with Crippen molar-refractivity contribution in [3.05, 3.63) is 0 Å². The zero-order valence-corrected chi connectivity index (χ0v) is 18.3. The SMILES string of the molecule is O=C(O)O.[H-].[H-].[H-].[H-].[K+].[K+].[K+].[K+]. The maximum atomic E-state index is 8.56. The molecular weight excluding hydrogens is 216 g/mol. The molecule has 0 saturated heterocycles. The van der Waals surface area contributed by atoms with Crippen LogP contribution in [-0.2, 0) is 0 Å². The number of carboxylic acid groups (broad SMARTS) is 2. The van der Waals surface area contributed by atoms with E-state index in [0.717, 1.165) is 0 Å². The van der Waals surface area contributed by atoms with Gasteiger partial charge in [-0.2, -0.15) is 0 Å². The van der Waals surface area contributed by atoms with Crippen molar-refractivity contribution in [2.75, 3.05) is 0 Å². The van der Waals surface area contributed by atoms with Gasteiger partial charge in [-0.1, -0.05) is 0 Å². The molecule has 0 aliphatic rings. The Morgan fingerprint density at radius 3 is 1.00 bits per heavy atom. The standard InChI is InChI=1S/CH2O3.4K.4H/c2-1(3)4;;;;;;;;/h(H2,2,3,4);;;;;;;;/q;4*+1;4*-1. The van der Waals surface area contributed by atoms with Gasteiger partial charge in [0.1, 0.15) is 0 Å². The normalized spacial score (nSPS) is 3.00. The van der Waals surface area contributed by atoms with Gasteiger partial charge in [0.25, 0.3) is 0 Å². The smallest absolute Gasteiger partial charge is 1.00 e. The number of carbonyl (C=O) groups is 1. The Kier molecular flexibility index (Phi) is 84.0. The van der Waals surface area contributed by atoms with Gasteiger partial charge in [-0.15, -0.1) is 0 Å². The van der Waals surface area contributed by atoms with Gasteiger partial charge in [0.15, 0.2) is 0 Å². The molecular formula is CH6K4O3. The summed E-state index contributed by atoms with van der Waals surface area (Å²) in [6.45, 7) is 0. The van der Waals surface area contributed by atoms with E-state index in [-0.39, 0.29) is 211 Å². The molecule has 0 radical (unpaired) electrons. The third-order valence-electron chi connectivity index (χ3n) is 0. The first-order valence-electron chi connectivity index (χ1n) is 0.651. The van der Waals surface area contributed by atoms with Crippen molar-refractivity contribution in [1.29, 1.82) is 0 Å². The zero-order valence-electron chi connectivity index (χ0n) is 9.80. The third-order valence-corrected chi connectivity index (χ3v) is 0. The molecule has 0 amide bonds. The van der Waals surface area contributed by atoms with E-state index in [1.807, 2.05) is 0 Å². The Labute approximate surface area is 224 Å². The van der Waals surface area contributed by atoms with E-state index in [0.29, 0.717) is 0 Å². The van der Waals surface area contributed by atoms with Gasteiger partial charge in [-0.3, -0.25) is 0 Å². The minimum atomic E-state index is -1.83. The molecule has 0 bridgehead atoms. The summed E-state index contributed by atoms with van der Waals surface area (Å²) in [6, 6.07) is 0. The van der Waals surface area contributed by atoms with Crippen molar-refractivity contribution < 1.29 is 226 Å². The molecule has 0 unspecified atom stereocenters. The molecule has 3 nitrogen and oxygen atoms in total. The van der Waals surface area contributed by atoms with E-state index in [9.17, 15) is 0 Å². The van der Waals surface area contributed by atoms with Gasteiger partial charge in [0.05, 0.1) is 0 Å². The molecule has 0 atom stereocenters. The van der Waals surface area contributed by atoms with Gasteiger partial charge in [0, 0.05) is 0 Å². The number of rotatable bonds is 0. The molecule has 0 spiro atoms. The van der Waals surface area contributed by atoms with Crippen LogP contribution in [0.5, 0.6) is 0 Å². The summed E-state index contributed by atoms with van der Waals surface area (Å²) in [5.74, 6) is 0. The summed E-state index contributed by atoms with van der Waals surface area (Å²) in [4.78, 5) is 8.56. The van der Waals surface area contributed by atoms with Gasteiger partial charge in [-0.25, -0.2) is 4.79 Å². The fourth-order valence-corrected chi connectivity index (χ4v) is 0. The average molecular weight is 222 g/mol. The molecule has 0 aliphatic carbocycles. The molecule has 0 aromatic rings. The van der Waals surface area contributed by atoms with Crippen molar-refractivity contribution >= 4 is 6.16 Å².